The van der Waals surface area contributed by atoms with Gasteiger partial charge in [0, 0.05) is 49.5 Å². The average molecular weight is 517 g/mol. The van der Waals surface area contributed by atoms with Crippen LogP contribution in [0.25, 0.3) is 33.6 Å². The van der Waals surface area contributed by atoms with Crippen LogP contribution in [0.1, 0.15) is 11.8 Å². The summed E-state index contributed by atoms with van der Waals surface area (Å²) in [7, 11) is -1.57. The second kappa shape index (κ2) is 9.62. The molecule has 36 heavy (non-hydrogen) atoms. The summed E-state index contributed by atoms with van der Waals surface area (Å²) >= 11 is 0. The molecule has 0 amide bonds. The number of fused-ring (bicyclic) bond motifs is 1. The van der Waals surface area contributed by atoms with Crippen LogP contribution >= 0.6 is 0 Å². The summed E-state index contributed by atoms with van der Waals surface area (Å²) < 4.78 is 53.6. The normalized spacial score (nSPS) is 15.8. The second-order valence-electron chi connectivity index (χ2n) is 8.72. The molecule has 1 saturated heterocycles. The van der Waals surface area contributed by atoms with Crippen molar-refractivity contribution in [3.8, 4) is 28.5 Å². The first-order chi connectivity index (χ1) is 17.2. The summed E-state index contributed by atoms with van der Waals surface area (Å²) in [6.45, 7) is 1.16. The molecule has 1 fully saturated rings. The number of aliphatic hydroxyl groups is 1. The number of halogens is 1. The molecule has 1 aliphatic rings. The van der Waals surface area contributed by atoms with Gasteiger partial charge < -0.3 is 19.1 Å². The molecule has 0 saturated carbocycles. The van der Waals surface area contributed by atoms with Crippen LogP contribution in [0.4, 0.5) is 4.39 Å². The lowest BCUT2D eigenvalue weighted by Crippen LogP contribution is -2.55. The van der Waals surface area contributed by atoms with E-state index in [-0.39, 0.29) is 12.4 Å². The lowest BCUT2D eigenvalue weighted by atomic mass is 10.1. The Morgan fingerprint density at radius 3 is 2.67 bits per heavy atom. The molecule has 12 heteroatoms. The number of hydrogen-bond donors (Lipinski definition) is 2. The first-order valence-electron chi connectivity index (χ1n) is 11.2. The van der Waals surface area contributed by atoms with Crippen molar-refractivity contribution in [2.75, 3.05) is 39.7 Å². The van der Waals surface area contributed by atoms with Gasteiger partial charge in [-0.3, -0.25) is 10.00 Å². The van der Waals surface area contributed by atoms with Crippen molar-refractivity contribution in [1.29, 1.82) is 0 Å². The van der Waals surface area contributed by atoms with Crippen LogP contribution in [-0.2, 0) is 14.6 Å². The summed E-state index contributed by atoms with van der Waals surface area (Å²) in [6.07, 6.45) is 0.319. The number of sulfone groups is 1. The fraction of sp³-hybridized carbons (Fsp3) is 0.333. The first-order valence-corrected chi connectivity index (χ1v) is 13.2. The standard InChI is InChI=1S/C24H25FN4O6S/c1-33-7-8-34-21-11-20-17(9-18(21)25)23(27-26-20)22-10-19(28-35-22)14-3-5-15(6-4-14)24(30)29-12-16(13-29)36(2,31)32/h3-6,9-11,16,24,30H,7-8,12-13H2,1-2H3,(H,26,27). The number of benzene rings is 2. The van der Waals surface area contributed by atoms with Gasteiger partial charge in [0.1, 0.15) is 24.2 Å². The molecule has 190 valence electrons. The minimum atomic E-state index is -3.11. The van der Waals surface area contributed by atoms with Gasteiger partial charge in [-0.2, -0.15) is 5.10 Å². The summed E-state index contributed by atoms with van der Waals surface area (Å²) in [5.74, 6) is -0.0687. The highest BCUT2D eigenvalue weighted by Crippen LogP contribution is 2.33. The van der Waals surface area contributed by atoms with E-state index in [1.54, 1.807) is 42.3 Å². The smallest absolute Gasteiger partial charge is 0.188 e. The van der Waals surface area contributed by atoms with Gasteiger partial charge in [-0.05, 0) is 11.6 Å². The van der Waals surface area contributed by atoms with Crippen LogP contribution in [0, 0.1) is 5.82 Å². The van der Waals surface area contributed by atoms with E-state index in [2.05, 4.69) is 15.4 Å². The number of nitrogens with zero attached hydrogens (tertiary/aromatic N) is 3. The van der Waals surface area contributed by atoms with Crippen LogP contribution in [0.3, 0.4) is 0 Å². The van der Waals surface area contributed by atoms with Gasteiger partial charge in [0.15, 0.2) is 27.2 Å². The topological polar surface area (TPSA) is 131 Å². The Labute approximate surface area is 206 Å². The van der Waals surface area contributed by atoms with Gasteiger partial charge in [-0.1, -0.05) is 29.4 Å². The average Bonchev–Trinajstić information content (AvgIpc) is 3.44. The molecule has 1 unspecified atom stereocenters. The van der Waals surface area contributed by atoms with Crippen molar-refractivity contribution in [3.63, 3.8) is 0 Å². The Kier molecular flexibility index (Phi) is 6.51. The van der Waals surface area contributed by atoms with E-state index < -0.39 is 27.1 Å². The van der Waals surface area contributed by atoms with Crippen LogP contribution in [0.2, 0.25) is 0 Å². The number of ether oxygens (including phenoxy) is 2. The molecule has 0 spiro atoms. The monoisotopic (exact) mass is 516 g/mol. The molecule has 3 heterocycles. The maximum atomic E-state index is 14.6. The fourth-order valence-corrected chi connectivity index (χ4v) is 4.98. The summed E-state index contributed by atoms with van der Waals surface area (Å²) in [6, 6.07) is 11.7. The van der Waals surface area contributed by atoms with Crippen LogP contribution in [-0.4, -0.2) is 78.7 Å². The summed E-state index contributed by atoms with van der Waals surface area (Å²) in [4.78, 5) is 1.70. The zero-order chi connectivity index (χ0) is 25.4. The van der Waals surface area contributed by atoms with Crippen molar-refractivity contribution >= 4 is 20.7 Å². The Hall–Kier alpha value is -3.32. The maximum absolute atomic E-state index is 14.6. The Morgan fingerprint density at radius 2 is 1.97 bits per heavy atom. The van der Waals surface area contributed by atoms with E-state index in [4.69, 9.17) is 14.0 Å². The predicted octanol–water partition coefficient (Wildman–Crippen LogP) is 2.77. The lowest BCUT2D eigenvalue weighted by Gasteiger charge is -2.41. The highest BCUT2D eigenvalue weighted by atomic mass is 32.2. The van der Waals surface area contributed by atoms with Crippen molar-refractivity contribution in [2.24, 2.45) is 0 Å². The molecule has 2 N–H and O–H groups in total. The van der Waals surface area contributed by atoms with Gasteiger partial charge in [0.05, 0.1) is 17.4 Å². The van der Waals surface area contributed by atoms with Gasteiger partial charge in [-0.15, -0.1) is 0 Å². The van der Waals surface area contributed by atoms with Gasteiger partial charge in [-0.25, -0.2) is 12.8 Å². The van der Waals surface area contributed by atoms with E-state index in [1.165, 1.54) is 18.4 Å². The maximum Gasteiger partial charge on any atom is 0.188 e. The quantitative estimate of drug-likeness (QED) is 0.322. The van der Waals surface area contributed by atoms with Crippen LogP contribution in [0.15, 0.2) is 47.0 Å². The Morgan fingerprint density at radius 1 is 1.22 bits per heavy atom. The number of rotatable bonds is 9. The third kappa shape index (κ3) is 4.72. The molecule has 1 aliphatic heterocycles. The number of methoxy groups -OCH3 is 1. The minimum absolute atomic E-state index is 0.0975. The van der Waals surface area contributed by atoms with E-state index in [0.717, 1.165) is 5.56 Å². The zero-order valence-electron chi connectivity index (χ0n) is 19.6. The Balaban J connectivity index is 1.31. The zero-order valence-corrected chi connectivity index (χ0v) is 20.5. The van der Waals surface area contributed by atoms with Gasteiger partial charge in [0.2, 0.25) is 0 Å². The summed E-state index contributed by atoms with van der Waals surface area (Å²) in [5, 5.41) is 21.9. The molecule has 5 rings (SSSR count). The molecule has 2 aromatic carbocycles. The van der Waals surface area contributed by atoms with E-state index in [9.17, 15) is 17.9 Å². The van der Waals surface area contributed by atoms with E-state index >= 15 is 0 Å². The lowest BCUT2D eigenvalue weighted by molar-refractivity contribution is -0.0341. The molecule has 2 aromatic heterocycles. The van der Waals surface area contributed by atoms with E-state index in [0.29, 0.717) is 53.3 Å². The molecule has 0 radical (unpaired) electrons. The number of aliphatic hydroxyl groups excluding tert-OH is 1. The molecular formula is C24H25FN4O6S. The highest BCUT2D eigenvalue weighted by molar-refractivity contribution is 7.91. The van der Waals surface area contributed by atoms with Gasteiger partial charge in [0.25, 0.3) is 0 Å². The summed E-state index contributed by atoms with van der Waals surface area (Å²) in [5.41, 5.74) is 2.93. The molecule has 0 aliphatic carbocycles. The Bertz CT molecular complexity index is 1480. The number of nitrogens with one attached hydrogen (secondary N) is 1. The number of aromatic nitrogens is 3. The number of H-pyrrole nitrogens is 1. The van der Waals surface area contributed by atoms with Crippen molar-refractivity contribution in [1.82, 2.24) is 20.3 Å². The third-order valence-corrected chi connectivity index (χ3v) is 7.75. The number of hydrogen-bond acceptors (Lipinski definition) is 9. The predicted molar refractivity (Wildman–Crippen MR) is 130 cm³/mol. The third-order valence-electron chi connectivity index (χ3n) is 6.24. The largest absolute Gasteiger partial charge is 0.488 e. The van der Waals surface area contributed by atoms with Crippen molar-refractivity contribution < 1.29 is 31.9 Å². The molecule has 10 nitrogen and oxygen atoms in total. The first kappa shape index (κ1) is 24.4. The number of likely N-dealkylation sites (tertiary alicyclic amines) is 1. The molecule has 1 atom stereocenters. The van der Waals surface area contributed by atoms with Crippen molar-refractivity contribution in [3.05, 3.63) is 53.8 Å². The van der Waals surface area contributed by atoms with Crippen molar-refractivity contribution in [2.45, 2.75) is 11.5 Å². The number of aromatic amines is 1. The van der Waals surface area contributed by atoms with Crippen LogP contribution < -0.4 is 4.74 Å². The van der Waals surface area contributed by atoms with Gasteiger partial charge >= 0.3 is 0 Å². The fourth-order valence-electron chi connectivity index (χ4n) is 4.05. The molecular weight excluding hydrogens is 491 g/mol. The molecule has 4 aromatic rings. The molecule has 0 bridgehead atoms. The minimum Gasteiger partial charge on any atom is -0.488 e. The highest BCUT2D eigenvalue weighted by Gasteiger charge is 2.38. The van der Waals surface area contributed by atoms with Crippen LogP contribution in [0.5, 0.6) is 5.75 Å². The SMILES string of the molecule is COCCOc1cc2[nH]nc(-c3cc(-c4ccc(C(O)N5CC(S(C)(=O)=O)C5)cc4)no3)c2cc1F. The van der Waals surface area contributed by atoms with E-state index in [1.807, 2.05) is 0 Å². The second-order valence-corrected chi connectivity index (χ2v) is 11.0.